The van der Waals surface area contributed by atoms with Crippen molar-refractivity contribution in [2.75, 3.05) is 18.4 Å². The largest absolute Gasteiger partial charge is 0.370 e. The second kappa shape index (κ2) is 6.14. The fourth-order valence-electron chi connectivity index (χ4n) is 2.33. The summed E-state index contributed by atoms with van der Waals surface area (Å²) in [6, 6.07) is 0. The van der Waals surface area contributed by atoms with Crippen LogP contribution < -0.4 is 10.6 Å². The molecule has 0 aliphatic carbocycles. The minimum Gasteiger partial charge on any atom is -0.370 e. The fourth-order valence-corrected chi connectivity index (χ4v) is 2.33. The Labute approximate surface area is 110 Å². The third-order valence-corrected chi connectivity index (χ3v) is 3.30. The summed E-state index contributed by atoms with van der Waals surface area (Å²) in [4.78, 5) is 9.08. The summed E-state index contributed by atoms with van der Waals surface area (Å²) in [7, 11) is 0. The molecule has 0 unspecified atom stereocenters. The second-order valence-corrected chi connectivity index (χ2v) is 5.43. The van der Waals surface area contributed by atoms with E-state index in [-0.39, 0.29) is 0 Å². The van der Waals surface area contributed by atoms with E-state index in [9.17, 15) is 0 Å². The zero-order valence-corrected chi connectivity index (χ0v) is 11.7. The first kappa shape index (κ1) is 13.3. The van der Waals surface area contributed by atoms with Crippen LogP contribution in [-0.4, -0.2) is 23.1 Å². The zero-order chi connectivity index (χ0) is 13.0. The van der Waals surface area contributed by atoms with Gasteiger partial charge in [0, 0.05) is 31.6 Å². The molecule has 1 aliphatic heterocycles. The minimum atomic E-state index is 0.773. The maximum atomic E-state index is 4.54. The predicted molar refractivity (Wildman–Crippen MR) is 74.7 cm³/mol. The summed E-state index contributed by atoms with van der Waals surface area (Å²) in [6.45, 7) is 9.42. The Morgan fingerprint density at radius 3 is 2.94 bits per heavy atom. The van der Waals surface area contributed by atoms with Gasteiger partial charge in [0.05, 0.1) is 5.69 Å². The molecule has 1 aliphatic rings. The highest BCUT2D eigenvalue weighted by Crippen LogP contribution is 2.20. The molecule has 0 atom stereocenters. The molecule has 18 heavy (non-hydrogen) atoms. The van der Waals surface area contributed by atoms with E-state index < -0.39 is 0 Å². The zero-order valence-electron chi connectivity index (χ0n) is 11.7. The van der Waals surface area contributed by atoms with Crippen LogP contribution in [0.1, 0.15) is 43.8 Å². The first-order valence-corrected chi connectivity index (χ1v) is 6.98. The monoisotopic (exact) mass is 248 g/mol. The Hall–Kier alpha value is -1.16. The van der Waals surface area contributed by atoms with Gasteiger partial charge in [0.15, 0.2) is 0 Å². The average molecular weight is 248 g/mol. The van der Waals surface area contributed by atoms with Gasteiger partial charge in [0.2, 0.25) is 0 Å². The highest BCUT2D eigenvalue weighted by Gasteiger charge is 2.15. The molecule has 0 aromatic carbocycles. The molecular formula is C14H24N4. The second-order valence-electron chi connectivity index (χ2n) is 5.43. The molecule has 0 saturated carbocycles. The van der Waals surface area contributed by atoms with Crippen LogP contribution in [0, 0.1) is 12.8 Å². The highest BCUT2D eigenvalue weighted by molar-refractivity contribution is 5.47. The number of anilines is 1. The van der Waals surface area contributed by atoms with E-state index in [0.717, 1.165) is 43.6 Å². The van der Waals surface area contributed by atoms with Crippen molar-refractivity contribution in [3.8, 4) is 0 Å². The molecule has 0 fully saturated rings. The van der Waals surface area contributed by atoms with Crippen LogP contribution in [0.25, 0.3) is 0 Å². The molecule has 1 aromatic rings. The van der Waals surface area contributed by atoms with Gasteiger partial charge >= 0.3 is 0 Å². The Bertz CT molecular complexity index is 401. The number of rotatable bonds is 5. The van der Waals surface area contributed by atoms with Crippen molar-refractivity contribution in [3.05, 3.63) is 17.1 Å². The van der Waals surface area contributed by atoms with Crippen molar-refractivity contribution in [2.24, 2.45) is 5.92 Å². The molecule has 0 bridgehead atoms. The van der Waals surface area contributed by atoms with Crippen molar-refractivity contribution in [2.45, 2.75) is 46.6 Å². The first-order valence-electron chi connectivity index (χ1n) is 6.98. The molecule has 0 spiro atoms. The summed E-state index contributed by atoms with van der Waals surface area (Å²) in [5, 5.41) is 6.87. The van der Waals surface area contributed by atoms with Crippen molar-refractivity contribution < 1.29 is 0 Å². The molecule has 2 heterocycles. The quantitative estimate of drug-likeness (QED) is 0.785. The molecular weight excluding hydrogens is 224 g/mol. The highest BCUT2D eigenvalue weighted by atomic mass is 15.0. The van der Waals surface area contributed by atoms with Gasteiger partial charge in [-0.05, 0) is 25.7 Å². The van der Waals surface area contributed by atoms with Crippen molar-refractivity contribution in [1.29, 1.82) is 0 Å². The Balaban J connectivity index is 2.00. The normalized spacial score (nSPS) is 14.7. The standard InChI is InChI=1S/C14H24N4/c1-10(2)5-4-7-16-14-12-9-15-8-6-13(12)17-11(3)18-14/h10,15H,4-9H2,1-3H3,(H,16,17,18). The molecule has 4 nitrogen and oxygen atoms in total. The fraction of sp³-hybridized carbons (Fsp3) is 0.714. The lowest BCUT2D eigenvalue weighted by molar-refractivity contribution is 0.565. The molecule has 4 heteroatoms. The Morgan fingerprint density at radius 1 is 1.33 bits per heavy atom. The summed E-state index contributed by atoms with van der Waals surface area (Å²) < 4.78 is 0. The predicted octanol–water partition coefficient (Wildman–Crippen LogP) is 2.28. The topological polar surface area (TPSA) is 49.8 Å². The third kappa shape index (κ3) is 3.42. The number of hydrogen-bond acceptors (Lipinski definition) is 4. The Morgan fingerprint density at radius 2 is 2.17 bits per heavy atom. The number of hydrogen-bond donors (Lipinski definition) is 2. The third-order valence-electron chi connectivity index (χ3n) is 3.30. The number of aryl methyl sites for hydroxylation is 1. The van der Waals surface area contributed by atoms with Gasteiger partial charge in [-0.25, -0.2) is 9.97 Å². The summed E-state index contributed by atoms with van der Waals surface area (Å²) in [6.07, 6.45) is 3.47. The van der Waals surface area contributed by atoms with Gasteiger partial charge in [-0.2, -0.15) is 0 Å². The van der Waals surface area contributed by atoms with E-state index in [1.807, 2.05) is 6.92 Å². The summed E-state index contributed by atoms with van der Waals surface area (Å²) in [5.41, 5.74) is 2.48. The SMILES string of the molecule is Cc1nc2c(c(NCCCC(C)C)n1)CNCC2. The van der Waals surface area contributed by atoms with E-state index in [1.54, 1.807) is 0 Å². The molecule has 0 saturated heterocycles. The van der Waals surface area contributed by atoms with Crippen LogP contribution in [0.5, 0.6) is 0 Å². The van der Waals surface area contributed by atoms with Gasteiger partial charge in [0.25, 0.3) is 0 Å². The number of fused-ring (bicyclic) bond motifs is 1. The van der Waals surface area contributed by atoms with E-state index in [1.165, 1.54) is 24.1 Å². The smallest absolute Gasteiger partial charge is 0.134 e. The number of nitrogens with zero attached hydrogens (tertiary/aromatic N) is 2. The Kier molecular flexibility index (Phi) is 4.53. The number of aromatic nitrogens is 2. The summed E-state index contributed by atoms with van der Waals surface area (Å²) >= 11 is 0. The lowest BCUT2D eigenvalue weighted by Crippen LogP contribution is -2.27. The van der Waals surface area contributed by atoms with Crippen molar-refractivity contribution >= 4 is 5.82 Å². The molecule has 2 rings (SSSR count). The van der Waals surface area contributed by atoms with Crippen LogP contribution in [0.4, 0.5) is 5.82 Å². The minimum absolute atomic E-state index is 0.773. The average Bonchev–Trinajstić information content (AvgIpc) is 2.34. The lowest BCUT2D eigenvalue weighted by Gasteiger charge is -2.20. The molecule has 0 radical (unpaired) electrons. The van der Waals surface area contributed by atoms with Crippen LogP contribution in [0.2, 0.25) is 0 Å². The van der Waals surface area contributed by atoms with Crippen LogP contribution >= 0.6 is 0 Å². The van der Waals surface area contributed by atoms with E-state index in [4.69, 9.17) is 0 Å². The van der Waals surface area contributed by atoms with Gasteiger partial charge in [-0.15, -0.1) is 0 Å². The van der Waals surface area contributed by atoms with E-state index in [2.05, 4.69) is 34.4 Å². The van der Waals surface area contributed by atoms with E-state index in [0.29, 0.717) is 0 Å². The van der Waals surface area contributed by atoms with Gasteiger partial charge in [0.1, 0.15) is 11.6 Å². The van der Waals surface area contributed by atoms with Crippen LogP contribution in [0.3, 0.4) is 0 Å². The summed E-state index contributed by atoms with van der Waals surface area (Å²) in [5.74, 6) is 2.69. The van der Waals surface area contributed by atoms with Crippen LogP contribution in [-0.2, 0) is 13.0 Å². The lowest BCUT2D eigenvalue weighted by atomic mass is 10.1. The van der Waals surface area contributed by atoms with E-state index >= 15 is 0 Å². The molecule has 1 aromatic heterocycles. The molecule has 100 valence electrons. The van der Waals surface area contributed by atoms with Gasteiger partial charge < -0.3 is 10.6 Å². The maximum Gasteiger partial charge on any atom is 0.134 e. The molecule has 0 amide bonds. The first-order chi connectivity index (χ1) is 8.66. The molecule has 2 N–H and O–H groups in total. The van der Waals surface area contributed by atoms with Crippen molar-refractivity contribution in [1.82, 2.24) is 15.3 Å². The van der Waals surface area contributed by atoms with Crippen molar-refractivity contribution in [3.63, 3.8) is 0 Å². The van der Waals surface area contributed by atoms with Gasteiger partial charge in [-0.1, -0.05) is 13.8 Å². The van der Waals surface area contributed by atoms with Crippen LogP contribution in [0.15, 0.2) is 0 Å². The van der Waals surface area contributed by atoms with Gasteiger partial charge in [-0.3, -0.25) is 0 Å². The number of nitrogens with one attached hydrogen (secondary N) is 2. The maximum absolute atomic E-state index is 4.54.